The Hall–Kier alpha value is -0.850. The first kappa shape index (κ1) is 21.4. The van der Waals surface area contributed by atoms with E-state index in [-0.39, 0.29) is 7.92 Å². The molecule has 2 fully saturated rings. The third kappa shape index (κ3) is 5.86. The van der Waals surface area contributed by atoms with Crippen LogP contribution in [0.3, 0.4) is 0 Å². The minimum atomic E-state index is 0.133. The van der Waals surface area contributed by atoms with Crippen LogP contribution in [-0.2, 0) is 6.16 Å². The Morgan fingerprint density at radius 3 is 2.31 bits per heavy atom. The Morgan fingerprint density at radius 1 is 0.966 bits per heavy atom. The Bertz CT molecular complexity index is 628. The maximum atomic E-state index is 2.49. The van der Waals surface area contributed by atoms with Crippen LogP contribution in [0.15, 0.2) is 36.7 Å². The topological polar surface area (TPSA) is 7.68 Å². The van der Waals surface area contributed by atoms with Crippen molar-refractivity contribution in [1.29, 1.82) is 0 Å². The first-order valence-corrected chi connectivity index (χ1v) is 14.0. The minimum Gasteiger partial charge on any atom is -0.286 e. The molecular weight excluding hydrogens is 371 g/mol. The summed E-state index contributed by atoms with van der Waals surface area (Å²) in [6.45, 7) is 5.83. The van der Waals surface area contributed by atoms with Crippen molar-refractivity contribution in [2.75, 3.05) is 11.4 Å². The molecule has 0 saturated heterocycles. The molecule has 0 aromatic heterocycles. The number of unbranched alkanes of at least 4 members (excludes halogenated alkanes) is 1. The van der Waals surface area contributed by atoms with Gasteiger partial charge in [0.15, 0.2) is 0 Å². The predicted octanol–water partition coefficient (Wildman–Crippen LogP) is 6.43. The fraction of sp³-hybridized carbons (Fsp3) is 0.654. The Kier molecular flexibility index (Phi) is 8.08. The normalized spacial score (nSPS) is 23.9. The molecule has 2 saturated carbocycles. The van der Waals surface area contributed by atoms with Crippen LogP contribution in [0.2, 0.25) is 0 Å². The molecule has 4 rings (SSSR count). The molecular formula is C26H41N2P+. The molecule has 159 valence electrons. The summed E-state index contributed by atoms with van der Waals surface area (Å²) in [5.41, 5.74) is 5.02. The lowest BCUT2D eigenvalue weighted by atomic mass is 9.99. The van der Waals surface area contributed by atoms with Gasteiger partial charge >= 0.3 is 0 Å². The molecule has 2 aliphatic carbocycles. The number of anilines is 1. The Balaban J connectivity index is 1.43. The van der Waals surface area contributed by atoms with E-state index in [1.165, 1.54) is 100 Å². The molecule has 0 spiro atoms. The van der Waals surface area contributed by atoms with Gasteiger partial charge in [0.25, 0.3) is 0 Å². The van der Waals surface area contributed by atoms with Gasteiger partial charge in [-0.1, -0.05) is 71.9 Å². The van der Waals surface area contributed by atoms with Crippen LogP contribution < -0.4 is 9.80 Å². The first-order chi connectivity index (χ1) is 14.3. The van der Waals surface area contributed by atoms with E-state index in [0.717, 1.165) is 11.3 Å². The summed E-state index contributed by atoms with van der Waals surface area (Å²) in [7, 11) is 0.133. The fourth-order valence-corrected chi connectivity index (χ4v) is 9.33. The maximum absolute atomic E-state index is 2.49. The van der Waals surface area contributed by atoms with Crippen molar-refractivity contribution < 1.29 is 4.90 Å². The monoisotopic (exact) mass is 412 g/mol. The van der Waals surface area contributed by atoms with E-state index in [4.69, 9.17) is 0 Å². The highest BCUT2D eigenvalue weighted by Gasteiger charge is 2.31. The van der Waals surface area contributed by atoms with Gasteiger partial charge < -0.3 is 0 Å². The van der Waals surface area contributed by atoms with Crippen molar-refractivity contribution in [3.8, 4) is 0 Å². The smallest absolute Gasteiger partial charge is 0.246 e. The second kappa shape index (κ2) is 11.0. The number of benzene rings is 1. The highest BCUT2D eigenvalue weighted by Crippen LogP contribution is 2.57. The molecule has 3 aliphatic rings. The lowest BCUT2D eigenvalue weighted by Gasteiger charge is -2.38. The summed E-state index contributed by atoms with van der Waals surface area (Å²) < 4.78 is 0. The number of nitrogens with one attached hydrogen (secondary N) is 1. The van der Waals surface area contributed by atoms with Gasteiger partial charge in [-0.15, -0.1) is 0 Å². The van der Waals surface area contributed by atoms with Gasteiger partial charge in [-0.3, -0.25) is 9.80 Å². The summed E-state index contributed by atoms with van der Waals surface area (Å²) in [4.78, 5) is 3.82. The molecule has 1 aromatic rings. The summed E-state index contributed by atoms with van der Waals surface area (Å²) in [6.07, 6.45) is 23.4. The highest BCUT2D eigenvalue weighted by atomic mass is 31.1. The van der Waals surface area contributed by atoms with Gasteiger partial charge in [0.05, 0.1) is 12.7 Å². The fourth-order valence-electron chi connectivity index (χ4n) is 5.54. The van der Waals surface area contributed by atoms with Crippen LogP contribution in [0.25, 0.3) is 0 Å². The summed E-state index contributed by atoms with van der Waals surface area (Å²) in [5.74, 6) is 0. The van der Waals surface area contributed by atoms with Gasteiger partial charge in [0.2, 0.25) is 6.67 Å². The average molecular weight is 413 g/mol. The molecule has 1 unspecified atom stereocenters. The zero-order valence-electron chi connectivity index (χ0n) is 18.5. The van der Waals surface area contributed by atoms with Crippen LogP contribution in [0.5, 0.6) is 0 Å². The molecule has 0 bridgehead atoms. The SMILES string of the molecule is CCCC[NH+]1[CH]N(c2cccc(CP(C3CCCCC3)C3CCCCC3)c2)C=C1. The summed E-state index contributed by atoms with van der Waals surface area (Å²) in [5, 5.41) is 0. The molecule has 1 N–H and O–H groups in total. The second-order valence-corrected chi connectivity index (χ2v) is 12.3. The molecule has 0 amide bonds. The lowest BCUT2D eigenvalue weighted by molar-refractivity contribution is -0.809. The third-order valence-electron chi connectivity index (χ3n) is 7.23. The molecule has 3 heteroatoms. The molecule has 1 aromatic carbocycles. The average Bonchev–Trinajstić information content (AvgIpc) is 3.26. The number of quaternary nitrogens is 1. The van der Waals surface area contributed by atoms with Crippen LogP contribution >= 0.6 is 7.92 Å². The second-order valence-electron chi connectivity index (χ2n) is 9.46. The van der Waals surface area contributed by atoms with Crippen molar-refractivity contribution in [2.45, 2.75) is 101 Å². The number of rotatable bonds is 8. The van der Waals surface area contributed by atoms with E-state index in [2.05, 4.69) is 55.2 Å². The van der Waals surface area contributed by atoms with E-state index >= 15 is 0 Å². The van der Waals surface area contributed by atoms with Gasteiger partial charge in [-0.05, 0) is 67.3 Å². The summed E-state index contributed by atoms with van der Waals surface area (Å²) in [6, 6.07) is 9.48. The Labute approximate surface area is 180 Å². The standard InChI is InChI=1S/C26H41N2P/c1-2-3-17-27-18-19-28(22-27)24-12-10-11-23(20-24)21-29(25-13-6-4-7-14-25)26-15-8-5-9-16-26/h10-12,18-20,22,25-27H,2-9,13-17,21H2,1H3/q+1. The van der Waals surface area contributed by atoms with E-state index in [1.54, 1.807) is 5.56 Å². The van der Waals surface area contributed by atoms with E-state index in [0.29, 0.717) is 0 Å². The summed E-state index contributed by atoms with van der Waals surface area (Å²) >= 11 is 0. The van der Waals surface area contributed by atoms with Crippen LogP contribution in [0.1, 0.15) is 89.5 Å². The third-order valence-corrected chi connectivity index (χ3v) is 10.9. The lowest BCUT2D eigenvalue weighted by Crippen LogP contribution is -3.04. The van der Waals surface area contributed by atoms with Crippen LogP contribution in [0, 0.1) is 6.67 Å². The molecule has 1 heterocycles. The number of hydrogen-bond donors (Lipinski definition) is 1. The van der Waals surface area contributed by atoms with Crippen LogP contribution in [0.4, 0.5) is 5.69 Å². The zero-order chi connectivity index (χ0) is 19.9. The zero-order valence-corrected chi connectivity index (χ0v) is 19.4. The highest BCUT2D eigenvalue weighted by molar-refractivity contribution is 7.58. The van der Waals surface area contributed by atoms with Crippen molar-refractivity contribution in [1.82, 2.24) is 0 Å². The quantitative estimate of drug-likeness (QED) is 0.484. The largest absolute Gasteiger partial charge is 0.286 e. The van der Waals surface area contributed by atoms with Crippen molar-refractivity contribution in [3.63, 3.8) is 0 Å². The van der Waals surface area contributed by atoms with Gasteiger partial charge in [0.1, 0.15) is 6.20 Å². The minimum absolute atomic E-state index is 0.133. The predicted molar refractivity (Wildman–Crippen MR) is 127 cm³/mol. The van der Waals surface area contributed by atoms with Crippen molar-refractivity contribution in [2.24, 2.45) is 0 Å². The maximum Gasteiger partial charge on any atom is 0.246 e. The van der Waals surface area contributed by atoms with Crippen molar-refractivity contribution >= 4 is 13.6 Å². The molecule has 1 aliphatic heterocycles. The van der Waals surface area contributed by atoms with Crippen LogP contribution in [-0.4, -0.2) is 17.9 Å². The molecule has 1 radical (unpaired) electrons. The first-order valence-electron chi connectivity index (χ1n) is 12.4. The molecule has 29 heavy (non-hydrogen) atoms. The van der Waals surface area contributed by atoms with Crippen molar-refractivity contribution in [3.05, 3.63) is 48.9 Å². The van der Waals surface area contributed by atoms with Gasteiger partial charge in [0, 0.05) is 5.69 Å². The van der Waals surface area contributed by atoms with E-state index in [1.807, 2.05) is 0 Å². The number of hydrogen-bond acceptors (Lipinski definition) is 1. The van der Waals surface area contributed by atoms with E-state index < -0.39 is 0 Å². The number of nitrogens with zero attached hydrogens (tertiary/aromatic N) is 1. The van der Waals surface area contributed by atoms with Gasteiger partial charge in [-0.25, -0.2) is 0 Å². The molecule has 1 atom stereocenters. The Morgan fingerprint density at radius 2 is 1.66 bits per heavy atom. The molecule has 2 nitrogen and oxygen atoms in total. The van der Waals surface area contributed by atoms with E-state index in [9.17, 15) is 0 Å². The van der Waals surface area contributed by atoms with Gasteiger partial charge in [-0.2, -0.15) is 0 Å².